The molecule has 2 rings (SSSR count). The van der Waals surface area contributed by atoms with E-state index in [9.17, 15) is 9.18 Å². The molecule has 0 fully saturated rings. The highest BCUT2D eigenvalue weighted by atomic mass is 79.9. The van der Waals surface area contributed by atoms with Gasteiger partial charge in [-0.05, 0) is 45.1 Å². The largest absolute Gasteiger partial charge is 0.508 e. The summed E-state index contributed by atoms with van der Waals surface area (Å²) in [6.07, 6.45) is 0. The summed E-state index contributed by atoms with van der Waals surface area (Å²) in [5.41, 5.74) is 0.932. The van der Waals surface area contributed by atoms with Crippen LogP contribution < -0.4 is 0 Å². The summed E-state index contributed by atoms with van der Waals surface area (Å²) in [5.74, 6) is -1.33. The van der Waals surface area contributed by atoms with E-state index in [4.69, 9.17) is 5.11 Å². The highest BCUT2D eigenvalue weighted by molar-refractivity contribution is 9.11. The van der Waals surface area contributed by atoms with Gasteiger partial charge in [0.1, 0.15) is 11.6 Å². The van der Waals surface area contributed by atoms with E-state index in [0.29, 0.717) is 6.54 Å². The van der Waals surface area contributed by atoms with Crippen molar-refractivity contribution in [1.29, 1.82) is 0 Å². The molecule has 0 unspecified atom stereocenters. The summed E-state index contributed by atoms with van der Waals surface area (Å²) >= 11 is 4.88. The minimum atomic E-state index is -0.719. The molecule has 2 aromatic rings. The number of hydrogen-bond donors (Lipinski definition) is 1. The van der Waals surface area contributed by atoms with E-state index in [2.05, 4.69) is 15.9 Å². The van der Waals surface area contributed by atoms with E-state index in [1.165, 1.54) is 28.4 Å². The van der Waals surface area contributed by atoms with E-state index in [1.54, 1.807) is 7.05 Å². The van der Waals surface area contributed by atoms with Crippen LogP contribution in [0.1, 0.15) is 15.9 Å². The molecule has 1 N–H and O–H groups in total. The van der Waals surface area contributed by atoms with Crippen LogP contribution in [0.5, 0.6) is 5.75 Å². The standard InChI is InChI=1S/C13H11BrFNO2S/c1-16(6-8-4-12(14)19-7-8)13(18)10-3-2-9(17)5-11(10)15/h2-5,7,17H,6H2,1H3. The lowest BCUT2D eigenvalue weighted by molar-refractivity contribution is 0.0780. The lowest BCUT2D eigenvalue weighted by Gasteiger charge is -2.16. The number of benzene rings is 1. The third-order valence-corrected chi connectivity index (χ3v) is 4.12. The molecule has 3 nitrogen and oxygen atoms in total. The van der Waals surface area contributed by atoms with Crippen LogP contribution >= 0.6 is 27.3 Å². The molecule has 6 heteroatoms. The summed E-state index contributed by atoms with van der Waals surface area (Å²) < 4.78 is 14.6. The molecule has 100 valence electrons. The number of thiophene rings is 1. The zero-order valence-corrected chi connectivity index (χ0v) is 12.5. The molecule has 0 bridgehead atoms. The number of phenolic OH excluding ortho intramolecular Hbond substituents is 1. The Hall–Kier alpha value is -1.40. The zero-order valence-electron chi connectivity index (χ0n) is 10.1. The molecule has 0 spiro atoms. The van der Waals surface area contributed by atoms with Crippen molar-refractivity contribution < 1.29 is 14.3 Å². The Labute approximate surface area is 122 Å². The van der Waals surface area contributed by atoms with Gasteiger partial charge in [0.15, 0.2) is 0 Å². The van der Waals surface area contributed by atoms with Gasteiger partial charge in [-0.25, -0.2) is 4.39 Å². The SMILES string of the molecule is CN(Cc1csc(Br)c1)C(=O)c1ccc(O)cc1F. The summed E-state index contributed by atoms with van der Waals surface area (Å²) in [7, 11) is 1.61. The quantitative estimate of drug-likeness (QED) is 0.924. The first-order chi connectivity index (χ1) is 8.97. The second-order valence-corrected chi connectivity index (χ2v) is 6.37. The third-order valence-electron chi connectivity index (χ3n) is 2.57. The van der Waals surface area contributed by atoms with Crippen LogP contribution in [-0.2, 0) is 6.54 Å². The number of rotatable bonds is 3. The maximum absolute atomic E-state index is 13.6. The van der Waals surface area contributed by atoms with Crippen molar-refractivity contribution in [3.8, 4) is 5.75 Å². The first-order valence-electron chi connectivity index (χ1n) is 5.44. The maximum atomic E-state index is 13.6. The van der Waals surface area contributed by atoms with E-state index < -0.39 is 11.7 Å². The number of halogens is 2. The maximum Gasteiger partial charge on any atom is 0.256 e. The van der Waals surface area contributed by atoms with Gasteiger partial charge in [-0.1, -0.05) is 0 Å². The van der Waals surface area contributed by atoms with E-state index in [1.807, 2.05) is 11.4 Å². The molecule has 19 heavy (non-hydrogen) atoms. The average Bonchev–Trinajstić information content (AvgIpc) is 2.74. The van der Waals surface area contributed by atoms with Gasteiger partial charge >= 0.3 is 0 Å². The fraction of sp³-hybridized carbons (Fsp3) is 0.154. The van der Waals surface area contributed by atoms with Crippen LogP contribution in [-0.4, -0.2) is 23.0 Å². The zero-order chi connectivity index (χ0) is 14.0. The molecule has 1 heterocycles. The van der Waals surface area contributed by atoms with Gasteiger partial charge in [0.2, 0.25) is 0 Å². The summed E-state index contributed by atoms with van der Waals surface area (Å²) in [6, 6.07) is 5.43. The average molecular weight is 344 g/mol. The topological polar surface area (TPSA) is 40.5 Å². The number of aromatic hydroxyl groups is 1. The molecule has 0 saturated carbocycles. The summed E-state index contributed by atoms with van der Waals surface area (Å²) in [6.45, 7) is 0.404. The molecule has 0 saturated heterocycles. The Balaban J connectivity index is 2.14. The summed E-state index contributed by atoms with van der Waals surface area (Å²) in [5, 5.41) is 11.1. The predicted octanol–water partition coefficient (Wildman–Crippen LogP) is 3.63. The Morgan fingerprint density at radius 3 is 2.79 bits per heavy atom. The van der Waals surface area contributed by atoms with Crippen LogP contribution in [0.15, 0.2) is 33.4 Å². The number of nitrogens with zero attached hydrogens (tertiary/aromatic N) is 1. The molecule has 0 aliphatic carbocycles. The molecule has 0 aliphatic rings. The van der Waals surface area contributed by atoms with Gasteiger partial charge in [0.05, 0.1) is 9.35 Å². The van der Waals surface area contributed by atoms with E-state index in [0.717, 1.165) is 15.4 Å². The minimum Gasteiger partial charge on any atom is -0.508 e. The highest BCUT2D eigenvalue weighted by Crippen LogP contribution is 2.22. The Morgan fingerprint density at radius 2 is 2.21 bits per heavy atom. The molecular weight excluding hydrogens is 333 g/mol. The fourth-order valence-electron chi connectivity index (χ4n) is 1.66. The molecule has 1 aromatic heterocycles. The van der Waals surface area contributed by atoms with Crippen molar-refractivity contribution >= 4 is 33.2 Å². The van der Waals surface area contributed by atoms with Gasteiger partial charge in [-0.2, -0.15) is 0 Å². The van der Waals surface area contributed by atoms with Crippen molar-refractivity contribution in [2.24, 2.45) is 0 Å². The van der Waals surface area contributed by atoms with Crippen LogP contribution in [0.4, 0.5) is 4.39 Å². The number of amides is 1. The fourth-order valence-corrected chi connectivity index (χ4v) is 2.86. The predicted molar refractivity (Wildman–Crippen MR) is 75.9 cm³/mol. The third kappa shape index (κ3) is 3.33. The highest BCUT2D eigenvalue weighted by Gasteiger charge is 2.17. The molecule has 1 amide bonds. The molecule has 0 radical (unpaired) electrons. The van der Waals surface area contributed by atoms with Crippen LogP contribution in [0.2, 0.25) is 0 Å². The van der Waals surface area contributed by atoms with Gasteiger partial charge < -0.3 is 10.0 Å². The number of hydrogen-bond acceptors (Lipinski definition) is 3. The van der Waals surface area contributed by atoms with Crippen molar-refractivity contribution in [1.82, 2.24) is 4.90 Å². The lowest BCUT2D eigenvalue weighted by atomic mass is 10.1. The smallest absolute Gasteiger partial charge is 0.256 e. The normalized spacial score (nSPS) is 10.5. The molecule has 0 aliphatic heterocycles. The van der Waals surface area contributed by atoms with Gasteiger partial charge in [0, 0.05) is 19.7 Å². The van der Waals surface area contributed by atoms with E-state index >= 15 is 0 Å². The van der Waals surface area contributed by atoms with Crippen molar-refractivity contribution in [3.63, 3.8) is 0 Å². The molecular formula is C13H11BrFNO2S. The monoisotopic (exact) mass is 343 g/mol. The Morgan fingerprint density at radius 1 is 1.47 bits per heavy atom. The first-order valence-corrected chi connectivity index (χ1v) is 7.11. The van der Waals surface area contributed by atoms with Crippen LogP contribution in [0.25, 0.3) is 0 Å². The van der Waals surface area contributed by atoms with Crippen LogP contribution in [0, 0.1) is 5.82 Å². The lowest BCUT2D eigenvalue weighted by Crippen LogP contribution is -2.26. The van der Waals surface area contributed by atoms with Gasteiger partial charge in [0.25, 0.3) is 5.91 Å². The van der Waals surface area contributed by atoms with Gasteiger partial charge in [-0.3, -0.25) is 4.79 Å². The molecule has 1 aromatic carbocycles. The molecule has 0 atom stereocenters. The minimum absolute atomic E-state index is 0.0467. The number of carbonyl (C=O) groups is 1. The number of carbonyl (C=O) groups excluding carboxylic acids is 1. The van der Waals surface area contributed by atoms with Crippen LogP contribution in [0.3, 0.4) is 0 Å². The van der Waals surface area contributed by atoms with E-state index in [-0.39, 0.29) is 11.3 Å². The van der Waals surface area contributed by atoms with Crippen molar-refractivity contribution in [2.45, 2.75) is 6.54 Å². The van der Waals surface area contributed by atoms with Crippen molar-refractivity contribution in [3.05, 3.63) is 50.4 Å². The second kappa shape index (κ2) is 5.71. The first kappa shape index (κ1) is 14.0. The Bertz CT molecular complexity index is 614. The Kier molecular flexibility index (Phi) is 4.21. The summed E-state index contributed by atoms with van der Waals surface area (Å²) in [4.78, 5) is 13.5. The number of phenols is 1. The van der Waals surface area contributed by atoms with Crippen molar-refractivity contribution in [2.75, 3.05) is 7.05 Å². The van der Waals surface area contributed by atoms with Gasteiger partial charge in [-0.15, -0.1) is 11.3 Å². The second-order valence-electron chi connectivity index (χ2n) is 4.08.